The molecule has 5 nitrogen and oxygen atoms in total. The molecule has 0 saturated carbocycles. The maximum atomic E-state index is 12.6. The zero-order valence-electron chi connectivity index (χ0n) is 9.72. The van der Waals surface area contributed by atoms with Crippen LogP contribution in [0.4, 0.5) is 0 Å². The number of hydrogen-bond acceptors (Lipinski definition) is 4. The molecule has 0 radical (unpaired) electrons. The van der Waals surface area contributed by atoms with Gasteiger partial charge in [0.15, 0.2) is 0 Å². The Kier molecular flexibility index (Phi) is 4.93. The maximum absolute atomic E-state index is 12.6. The van der Waals surface area contributed by atoms with E-state index in [1.165, 1.54) is 23.9 Å². The van der Waals surface area contributed by atoms with Crippen LogP contribution in [-0.4, -0.2) is 41.5 Å². The Hall–Kier alpha value is 0.01000. The van der Waals surface area contributed by atoms with Gasteiger partial charge in [-0.1, -0.05) is 39.1 Å². The van der Waals surface area contributed by atoms with E-state index in [9.17, 15) is 13.2 Å². The minimum Gasteiger partial charge on any atom is -0.480 e. The molecule has 0 aromatic heterocycles. The number of nitrogens with zero attached hydrogens (tertiary/aromatic N) is 1. The van der Waals surface area contributed by atoms with Gasteiger partial charge in [0.25, 0.3) is 0 Å². The molecule has 0 aliphatic carbocycles. The van der Waals surface area contributed by atoms with E-state index in [-0.39, 0.29) is 26.6 Å². The second kappa shape index (κ2) is 6.02. The van der Waals surface area contributed by atoms with E-state index in [1.807, 2.05) is 0 Å². The van der Waals surface area contributed by atoms with Crippen LogP contribution in [0.25, 0.3) is 0 Å². The molecular weight excluding hydrogens is 413 g/mol. The summed E-state index contributed by atoms with van der Waals surface area (Å²) in [6.07, 6.45) is 0. The summed E-state index contributed by atoms with van der Waals surface area (Å²) in [5.74, 6) is -0.939. The molecule has 0 bridgehead atoms. The van der Waals surface area contributed by atoms with Crippen molar-refractivity contribution in [1.29, 1.82) is 0 Å². The van der Waals surface area contributed by atoms with Gasteiger partial charge < -0.3 is 5.11 Å². The highest BCUT2D eigenvalue weighted by molar-refractivity contribution is 9.10. The molecule has 1 N–H and O–H groups in total. The average molecular weight is 421 g/mol. The van der Waals surface area contributed by atoms with Crippen molar-refractivity contribution >= 4 is 66.9 Å². The number of halogens is 3. The van der Waals surface area contributed by atoms with E-state index in [0.717, 1.165) is 4.31 Å². The average Bonchev–Trinajstić information content (AvgIpc) is 2.75. The second-order valence-corrected chi connectivity index (χ2v) is 8.50. The molecule has 0 unspecified atom stereocenters. The van der Waals surface area contributed by atoms with Gasteiger partial charge in [-0.25, -0.2) is 8.42 Å². The molecule has 110 valence electrons. The molecule has 1 heterocycles. The summed E-state index contributed by atoms with van der Waals surface area (Å²) < 4.78 is 26.6. The number of rotatable bonds is 3. The lowest BCUT2D eigenvalue weighted by molar-refractivity contribution is -0.140. The molecule has 1 atom stereocenters. The van der Waals surface area contributed by atoms with Crippen LogP contribution in [0.5, 0.6) is 0 Å². The predicted molar refractivity (Wildman–Crippen MR) is 81.9 cm³/mol. The number of thioether (sulfide) groups is 1. The summed E-state index contributed by atoms with van der Waals surface area (Å²) in [6.45, 7) is 0. The molecule has 0 amide bonds. The van der Waals surface area contributed by atoms with Crippen molar-refractivity contribution in [1.82, 2.24) is 4.31 Å². The third-order valence-electron chi connectivity index (χ3n) is 2.66. The molecule has 1 aliphatic rings. The predicted octanol–water partition coefficient (Wildman–Crippen LogP) is 2.90. The summed E-state index contributed by atoms with van der Waals surface area (Å²) >= 11 is 16.3. The molecule has 20 heavy (non-hydrogen) atoms. The third-order valence-corrected chi connectivity index (χ3v) is 7.07. The summed E-state index contributed by atoms with van der Waals surface area (Å²) in [5, 5.41) is 8.98. The molecule has 10 heteroatoms. The Bertz CT molecular complexity index is 644. The minimum atomic E-state index is -4.06. The third kappa shape index (κ3) is 2.95. The number of sulfonamides is 1. The van der Waals surface area contributed by atoms with Gasteiger partial charge in [-0.3, -0.25) is 4.79 Å². The van der Waals surface area contributed by atoms with Gasteiger partial charge in [0, 0.05) is 10.2 Å². The number of hydrogen-bond donors (Lipinski definition) is 1. The van der Waals surface area contributed by atoms with E-state index >= 15 is 0 Å². The van der Waals surface area contributed by atoms with Crippen LogP contribution in [0, 0.1) is 0 Å². The molecule has 1 aromatic rings. The minimum absolute atomic E-state index is 0.0505. The lowest BCUT2D eigenvalue weighted by atomic mass is 10.3. The van der Waals surface area contributed by atoms with Gasteiger partial charge in [-0.2, -0.15) is 4.31 Å². The van der Waals surface area contributed by atoms with Crippen molar-refractivity contribution in [2.45, 2.75) is 10.9 Å². The van der Waals surface area contributed by atoms with Crippen LogP contribution in [0.2, 0.25) is 10.0 Å². The van der Waals surface area contributed by atoms with E-state index in [2.05, 4.69) is 15.9 Å². The number of aliphatic carboxylic acids is 1. The van der Waals surface area contributed by atoms with Crippen LogP contribution in [0.3, 0.4) is 0 Å². The zero-order chi connectivity index (χ0) is 15.1. The Morgan fingerprint density at radius 2 is 1.95 bits per heavy atom. The first-order valence-corrected chi connectivity index (χ1v) is 9.36. The molecule has 1 saturated heterocycles. The Labute approximate surface area is 138 Å². The normalized spacial score (nSPS) is 20.2. The summed E-state index contributed by atoms with van der Waals surface area (Å²) in [4.78, 5) is 10.9. The summed E-state index contributed by atoms with van der Waals surface area (Å²) in [7, 11) is -4.06. The first-order chi connectivity index (χ1) is 9.25. The van der Waals surface area contributed by atoms with Gasteiger partial charge >= 0.3 is 5.97 Å². The van der Waals surface area contributed by atoms with Gasteiger partial charge in [0.2, 0.25) is 10.0 Å². The lowest BCUT2D eigenvalue weighted by Gasteiger charge is -2.21. The molecular formula is C10H8BrCl2NO4S2. The van der Waals surface area contributed by atoms with Crippen molar-refractivity contribution in [3.63, 3.8) is 0 Å². The number of carboxylic acids is 1. The van der Waals surface area contributed by atoms with Crippen LogP contribution in [0.1, 0.15) is 0 Å². The van der Waals surface area contributed by atoms with Crippen molar-refractivity contribution in [3.05, 3.63) is 26.7 Å². The fraction of sp³-hybridized carbons (Fsp3) is 0.300. The van der Waals surface area contributed by atoms with Crippen LogP contribution < -0.4 is 0 Å². The topological polar surface area (TPSA) is 74.7 Å². The van der Waals surface area contributed by atoms with E-state index in [1.54, 1.807) is 0 Å². The summed E-state index contributed by atoms with van der Waals surface area (Å²) in [5.41, 5.74) is 0. The monoisotopic (exact) mass is 419 g/mol. The molecule has 1 aromatic carbocycles. The van der Waals surface area contributed by atoms with Gasteiger partial charge in [0.1, 0.15) is 10.9 Å². The highest BCUT2D eigenvalue weighted by Gasteiger charge is 2.41. The lowest BCUT2D eigenvalue weighted by Crippen LogP contribution is -2.41. The fourth-order valence-corrected chi connectivity index (χ4v) is 6.77. The van der Waals surface area contributed by atoms with E-state index in [4.69, 9.17) is 28.3 Å². The Balaban J connectivity index is 2.54. The Morgan fingerprint density at radius 3 is 2.45 bits per heavy atom. The first kappa shape index (κ1) is 16.4. The maximum Gasteiger partial charge on any atom is 0.322 e. The van der Waals surface area contributed by atoms with Gasteiger partial charge in [0.05, 0.1) is 15.9 Å². The zero-order valence-corrected chi connectivity index (χ0v) is 14.4. The van der Waals surface area contributed by atoms with Gasteiger partial charge in [-0.05, 0) is 12.1 Å². The number of carboxylic acid groups (broad SMARTS) is 1. The van der Waals surface area contributed by atoms with Crippen molar-refractivity contribution < 1.29 is 18.3 Å². The van der Waals surface area contributed by atoms with E-state index in [0.29, 0.717) is 4.47 Å². The standard InChI is InChI=1S/C10H8BrCl2NO4S2/c11-5-1-6(12)9(7(13)2-5)20(17,18)14-4-19-3-8(14)10(15)16/h1-2,8H,3-4H2,(H,15,16)/t8-/m0/s1. The smallest absolute Gasteiger partial charge is 0.322 e. The highest BCUT2D eigenvalue weighted by atomic mass is 79.9. The van der Waals surface area contributed by atoms with Crippen molar-refractivity contribution in [2.24, 2.45) is 0 Å². The number of carbonyl (C=O) groups is 1. The van der Waals surface area contributed by atoms with Crippen LogP contribution >= 0.6 is 50.9 Å². The van der Waals surface area contributed by atoms with Crippen molar-refractivity contribution in [3.8, 4) is 0 Å². The van der Waals surface area contributed by atoms with Crippen LogP contribution in [-0.2, 0) is 14.8 Å². The SMILES string of the molecule is O=C(O)[C@@H]1CSCN1S(=O)(=O)c1c(Cl)cc(Br)cc1Cl. The quantitative estimate of drug-likeness (QED) is 0.813. The molecule has 0 spiro atoms. The molecule has 1 aliphatic heterocycles. The van der Waals surface area contributed by atoms with E-state index < -0.39 is 22.0 Å². The Morgan fingerprint density at radius 1 is 1.40 bits per heavy atom. The van der Waals surface area contributed by atoms with Crippen molar-refractivity contribution in [2.75, 3.05) is 11.6 Å². The second-order valence-electron chi connectivity index (χ2n) is 3.94. The van der Waals surface area contributed by atoms with Gasteiger partial charge in [-0.15, -0.1) is 11.8 Å². The molecule has 1 fully saturated rings. The molecule has 2 rings (SSSR count). The summed E-state index contributed by atoms with van der Waals surface area (Å²) in [6, 6.07) is 1.69. The first-order valence-electron chi connectivity index (χ1n) is 5.22. The number of benzene rings is 1. The highest BCUT2D eigenvalue weighted by Crippen LogP contribution is 2.37. The fourth-order valence-electron chi connectivity index (χ4n) is 1.75. The largest absolute Gasteiger partial charge is 0.480 e. The van der Waals surface area contributed by atoms with Crippen LogP contribution in [0.15, 0.2) is 21.5 Å².